The molecular weight excluding hydrogens is 246 g/mol. The highest BCUT2D eigenvalue weighted by Gasteiger charge is 2.00. The molecule has 0 aliphatic carbocycles. The van der Waals surface area contributed by atoms with Crippen LogP contribution in [0.5, 0.6) is 0 Å². The van der Waals surface area contributed by atoms with Crippen LogP contribution in [-0.2, 0) is 6.61 Å². The molecule has 0 aliphatic heterocycles. The first-order valence-electron chi connectivity index (χ1n) is 6.57. The summed E-state index contributed by atoms with van der Waals surface area (Å²) in [5.41, 5.74) is 5.53. The minimum Gasteiger partial charge on any atom is -0.392 e. The van der Waals surface area contributed by atoms with E-state index in [-0.39, 0.29) is 6.61 Å². The van der Waals surface area contributed by atoms with Crippen molar-refractivity contribution >= 4 is 0 Å². The van der Waals surface area contributed by atoms with Gasteiger partial charge in [0.1, 0.15) is 0 Å². The lowest BCUT2D eigenvalue weighted by molar-refractivity contribution is 0.282. The molecule has 2 aromatic carbocycles. The van der Waals surface area contributed by atoms with Crippen LogP contribution in [0.4, 0.5) is 0 Å². The van der Waals surface area contributed by atoms with E-state index >= 15 is 0 Å². The van der Waals surface area contributed by atoms with Gasteiger partial charge in [-0.2, -0.15) is 0 Å². The first-order valence-corrected chi connectivity index (χ1v) is 6.57. The molecule has 0 radical (unpaired) electrons. The molecule has 3 aromatic rings. The van der Waals surface area contributed by atoms with Crippen molar-refractivity contribution in [1.29, 1.82) is 0 Å². The largest absolute Gasteiger partial charge is 0.392 e. The van der Waals surface area contributed by atoms with Crippen molar-refractivity contribution < 1.29 is 5.11 Å². The van der Waals surface area contributed by atoms with E-state index in [1.54, 1.807) is 6.20 Å². The molecular formula is C18H15NO. The van der Waals surface area contributed by atoms with Crippen LogP contribution in [-0.4, -0.2) is 10.1 Å². The normalized spacial score (nSPS) is 10.4. The zero-order chi connectivity index (χ0) is 13.8. The summed E-state index contributed by atoms with van der Waals surface area (Å²) in [5.74, 6) is 0. The first-order chi connectivity index (χ1) is 9.86. The summed E-state index contributed by atoms with van der Waals surface area (Å²) in [6, 6.07) is 20.4. The molecule has 98 valence electrons. The van der Waals surface area contributed by atoms with Crippen molar-refractivity contribution in [3.05, 3.63) is 78.6 Å². The second-order valence-electron chi connectivity index (χ2n) is 4.67. The highest BCUT2D eigenvalue weighted by Crippen LogP contribution is 2.24. The van der Waals surface area contributed by atoms with Gasteiger partial charge in [0.2, 0.25) is 0 Å². The number of rotatable bonds is 3. The lowest BCUT2D eigenvalue weighted by atomic mass is 10.0. The summed E-state index contributed by atoms with van der Waals surface area (Å²) in [6.07, 6.45) is 3.64. The van der Waals surface area contributed by atoms with Crippen LogP contribution in [0.15, 0.2) is 73.1 Å². The molecule has 1 aromatic heterocycles. The summed E-state index contributed by atoms with van der Waals surface area (Å²) in [7, 11) is 0. The molecule has 3 rings (SSSR count). The van der Waals surface area contributed by atoms with E-state index in [0.29, 0.717) is 0 Å². The molecule has 0 spiro atoms. The zero-order valence-electron chi connectivity index (χ0n) is 11.0. The average Bonchev–Trinajstić information content (AvgIpc) is 2.56. The van der Waals surface area contributed by atoms with Crippen molar-refractivity contribution in [3.63, 3.8) is 0 Å². The minimum absolute atomic E-state index is 0.0836. The Hall–Kier alpha value is -2.45. The molecule has 0 unspecified atom stereocenters. The molecule has 0 bridgehead atoms. The molecule has 0 saturated heterocycles. The fourth-order valence-corrected chi connectivity index (χ4v) is 2.19. The second kappa shape index (κ2) is 5.68. The topological polar surface area (TPSA) is 33.1 Å². The van der Waals surface area contributed by atoms with E-state index in [4.69, 9.17) is 5.11 Å². The molecule has 1 heterocycles. The smallest absolute Gasteiger partial charge is 0.0681 e. The van der Waals surface area contributed by atoms with Crippen LogP contribution in [0, 0.1) is 0 Å². The predicted octanol–water partition coefficient (Wildman–Crippen LogP) is 3.91. The first kappa shape index (κ1) is 12.6. The van der Waals surface area contributed by atoms with E-state index in [1.165, 1.54) is 5.56 Å². The Bertz CT molecular complexity index is 673. The van der Waals surface area contributed by atoms with Gasteiger partial charge >= 0.3 is 0 Å². The number of pyridine rings is 1. The third-order valence-electron chi connectivity index (χ3n) is 3.35. The zero-order valence-corrected chi connectivity index (χ0v) is 11.0. The molecule has 0 amide bonds. The molecule has 0 aliphatic rings. The molecule has 0 fully saturated rings. The van der Waals surface area contributed by atoms with Gasteiger partial charge in [-0.1, -0.05) is 54.6 Å². The predicted molar refractivity (Wildman–Crippen MR) is 81.0 cm³/mol. The number of nitrogens with zero attached hydrogens (tertiary/aromatic N) is 1. The Morgan fingerprint density at radius 3 is 1.75 bits per heavy atom. The van der Waals surface area contributed by atoms with Gasteiger partial charge in [-0.05, 0) is 33.9 Å². The van der Waals surface area contributed by atoms with Crippen molar-refractivity contribution in [1.82, 2.24) is 4.98 Å². The van der Waals surface area contributed by atoms with Crippen LogP contribution in [0.3, 0.4) is 0 Å². The van der Waals surface area contributed by atoms with Gasteiger partial charge in [-0.15, -0.1) is 0 Å². The highest BCUT2D eigenvalue weighted by molar-refractivity contribution is 5.70. The van der Waals surface area contributed by atoms with Crippen LogP contribution in [0.25, 0.3) is 22.3 Å². The fraction of sp³-hybridized carbons (Fsp3) is 0.0556. The van der Waals surface area contributed by atoms with Gasteiger partial charge in [0.25, 0.3) is 0 Å². The number of hydrogen-bond donors (Lipinski definition) is 1. The molecule has 1 N–H and O–H groups in total. The maximum Gasteiger partial charge on any atom is 0.0681 e. The molecule has 0 saturated carbocycles. The van der Waals surface area contributed by atoms with Crippen LogP contribution in [0.2, 0.25) is 0 Å². The van der Waals surface area contributed by atoms with E-state index in [9.17, 15) is 0 Å². The third-order valence-corrected chi connectivity index (χ3v) is 3.35. The standard InChI is InChI=1S/C18H15NO/c20-13-14-3-5-15(6-4-14)16-7-9-17(10-8-16)18-2-1-11-19-12-18/h1-12,20H,13H2. The summed E-state index contributed by atoms with van der Waals surface area (Å²) in [5, 5.41) is 9.06. The van der Waals surface area contributed by atoms with Gasteiger partial charge in [0, 0.05) is 12.4 Å². The molecule has 2 heteroatoms. The Morgan fingerprint density at radius 1 is 0.700 bits per heavy atom. The van der Waals surface area contributed by atoms with Gasteiger partial charge in [-0.25, -0.2) is 0 Å². The van der Waals surface area contributed by atoms with Gasteiger partial charge in [0.05, 0.1) is 6.61 Å². The molecule has 2 nitrogen and oxygen atoms in total. The number of aromatic nitrogens is 1. The maximum atomic E-state index is 9.06. The van der Waals surface area contributed by atoms with E-state index in [0.717, 1.165) is 22.3 Å². The number of benzene rings is 2. The van der Waals surface area contributed by atoms with Crippen LogP contribution in [0.1, 0.15) is 5.56 Å². The Morgan fingerprint density at radius 2 is 1.25 bits per heavy atom. The van der Waals surface area contributed by atoms with Crippen molar-refractivity contribution in [2.45, 2.75) is 6.61 Å². The Labute approximate surface area is 118 Å². The van der Waals surface area contributed by atoms with Crippen molar-refractivity contribution in [3.8, 4) is 22.3 Å². The lowest BCUT2D eigenvalue weighted by Crippen LogP contribution is -1.84. The van der Waals surface area contributed by atoms with E-state index < -0.39 is 0 Å². The number of hydrogen-bond acceptors (Lipinski definition) is 2. The average molecular weight is 261 g/mol. The fourth-order valence-electron chi connectivity index (χ4n) is 2.19. The third kappa shape index (κ3) is 2.60. The lowest BCUT2D eigenvalue weighted by Gasteiger charge is -2.05. The van der Waals surface area contributed by atoms with Gasteiger partial charge < -0.3 is 5.11 Å². The van der Waals surface area contributed by atoms with E-state index in [2.05, 4.69) is 35.3 Å². The van der Waals surface area contributed by atoms with Gasteiger partial charge in [-0.3, -0.25) is 4.98 Å². The number of aliphatic hydroxyl groups is 1. The van der Waals surface area contributed by atoms with Gasteiger partial charge in [0.15, 0.2) is 0 Å². The van der Waals surface area contributed by atoms with Crippen LogP contribution >= 0.6 is 0 Å². The molecule has 0 atom stereocenters. The van der Waals surface area contributed by atoms with Crippen LogP contribution < -0.4 is 0 Å². The summed E-state index contributed by atoms with van der Waals surface area (Å²) in [4.78, 5) is 4.14. The highest BCUT2D eigenvalue weighted by atomic mass is 16.3. The summed E-state index contributed by atoms with van der Waals surface area (Å²) < 4.78 is 0. The Balaban J connectivity index is 1.89. The van der Waals surface area contributed by atoms with Crippen molar-refractivity contribution in [2.24, 2.45) is 0 Å². The number of aliphatic hydroxyl groups excluding tert-OH is 1. The van der Waals surface area contributed by atoms with E-state index in [1.807, 2.05) is 36.5 Å². The van der Waals surface area contributed by atoms with Crippen molar-refractivity contribution in [2.75, 3.05) is 0 Å². The maximum absolute atomic E-state index is 9.06. The summed E-state index contributed by atoms with van der Waals surface area (Å²) >= 11 is 0. The monoisotopic (exact) mass is 261 g/mol. The second-order valence-corrected chi connectivity index (χ2v) is 4.67. The SMILES string of the molecule is OCc1ccc(-c2ccc(-c3cccnc3)cc2)cc1. The Kier molecular flexibility index (Phi) is 3.57. The quantitative estimate of drug-likeness (QED) is 0.775. The minimum atomic E-state index is 0.0836. The summed E-state index contributed by atoms with van der Waals surface area (Å²) in [6.45, 7) is 0.0836. The molecule has 20 heavy (non-hydrogen) atoms.